The third-order valence-electron chi connectivity index (χ3n) is 1.98. The molecule has 0 aliphatic carbocycles. The van der Waals surface area contributed by atoms with Crippen LogP contribution < -0.4 is 11.3 Å². The van der Waals surface area contributed by atoms with Crippen molar-refractivity contribution in [2.24, 2.45) is 10.9 Å². The van der Waals surface area contributed by atoms with Crippen LogP contribution in [0.1, 0.15) is 5.56 Å². The van der Waals surface area contributed by atoms with Crippen LogP contribution in [0.4, 0.5) is 5.82 Å². The zero-order chi connectivity index (χ0) is 12.6. The summed E-state index contributed by atoms with van der Waals surface area (Å²) in [5.74, 6) is -1.22. The quantitative estimate of drug-likeness (QED) is 0.141. The van der Waals surface area contributed by atoms with Crippen molar-refractivity contribution in [3.8, 4) is 0 Å². The van der Waals surface area contributed by atoms with Gasteiger partial charge in [0.1, 0.15) is 0 Å². The molecule has 4 N–H and O–H groups in total. The van der Waals surface area contributed by atoms with Crippen LogP contribution in [0, 0.1) is 10.1 Å². The van der Waals surface area contributed by atoms with Gasteiger partial charge in [-0.3, -0.25) is 9.89 Å². The van der Waals surface area contributed by atoms with Gasteiger partial charge in [-0.15, -0.1) is 0 Å². The fourth-order valence-electron chi connectivity index (χ4n) is 1.22. The Bertz CT molecular complexity index is 689. The van der Waals surface area contributed by atoms with Gasteiger partial charge in [-0.25, -0.2) is 0 Å². The van der Waals surface area contributed by atoms with Gasteiger partial charge in [0.25, 0.3) is 0 Å². The molecule has 0 unspecified atom stereocenters. The molecule has 0 aliphatic heterocycles. The number of hydrogen-bond acceptors (Lipinski definition) is 7. The molecule has 2 rings (SSSR count). The molecule has 89 valence electrons. The zero-order valence-electron chi connectivity index (χ0n) is 9.06. The third kappa shape index (κ3) is 2.05. The van der Waals surface area contributed by atoms with Crippen LogP contribution in [0.2, 0.25) is 0 Å². The van der Waals surface area contributed by atoms with Crippen LogP contribution in [0.5, 0.6) is 0 Å². The van der Waals surface area contributed by atoms with Crippen LogP contribution in [-0.4, -0.2) is 65.3 Å². The summed E-state index contributed by atoms with van der Waals surface area (Å²) in [5.41, 5.74) is 4.36. The fourth-order valence-corrected chi connectivity index (χ4v) is 1.22. The largest absolute Gasteiger partial charge is 0.458 e. The first-order valence-electron chi connectivity index (χ1n) is 4.15. The first kappa shape index (κ1) is 14.1. The van der Waals surface area contributed by atoms with Gasteiger partial charge in [0, 0.05) is 35.8 Å². The number of rotatable bonds is 2. The van der Waals surface area contributed by atoms with Crippen molar-refractivity contribution >= 4 is 46.9 Å². The predicted molar refractivity (Wildman–Crippen MR) is 58.5 cm³/mol. The summed E-state index contributed by atoms with van der Waals surface area (Å²) in [6.07, 6.45) is 1.21. The monoisotopic (exact) mass is 262 g/mol. The number of oxime groups is 1. The Hall–Kier alpha value is -1.98. The Morgan fingerprint density at radius 2 is 2.28 bits per heavy atom. The molecule has 0 saturated carbocycles. The number of aromatic nitrogens is 4. The topological polar surface area (TPSA) is 165 Å². The minimum absolute atomic E-state index is 0. The molecule has 0 aromatic carbocycles. The molecule has 12 heteroatoms. The SMILES string of the molecule is N/C(=N\O)c1c[nH]n2c(=O)c([N+](=O)[O-])nnc12.[Na]. The van der Waals surface area contributed by atoms with E-state index in [1.807, 2.05) is 0 Å². The van der Waals surface area contributed by atoms with E-state index in [4.69, 9.17) is 10.9 Å². The number of nitrogens with zero attached hydrogens (tertiary/aromatic N) is 5. The summed E-state index contributed by atoms with van der Waals surface area (Å²) in [5, 5.41) is 30.7. The van der Waals surface area contributed by atoms with Crippen molar-refractivity contribution in [2.45, 2.75) is 0 Å². The maximum absolute atomic E-state index is 11.5. The van der Waals surface area contributed by atoms with E-state index in [9.17, 15) is 14.9 Å². The molecule has 2 aromatic rings. The Morgan fingerprint density at radius 1 is 1.61 bits per heavy atom. The predicted octanol–water partition coefficient (Wildman–Crippen LogP) is -1.96. The Morgan fingerprint density at radius 3 is 2.83 bits per heavy atom. The number of nitrogens with two attached hydrogens (primary N) is 1. The second-order valence-electron chi connectivity index (χ2n) is 2.92. The second kappa shape index (κ2) is 5.12. The molecule has 0 spiro atoms. The summed E-state index contributed by atoms with van der Waals surface area (Å²) >= 11 is 0. The van der Waals surface area contributed by atoms with Crippen molar-refractivity contribution < 1.29 is 10.1 Å². The van der Waals surface area contributed by atoms with Crippen LogP contribution in [0.25, 0.3) is 5.65 Å². The molecule has 0 atom stereocenters. The summed E-state index contributed by atoms with van der Waals surface area (Å²) in [4.78, 5) is 21.0. The van der Waals surface area contributed by atoms with Crippen molar-refractivity contribution in [1.29, 1.82) is 0 Å². The first-order chi connectivity index (χ1) is 8.06. The van der Waals surface area contributed by atoms with Gasteiger partial charge in [0.2, 0.25) is 5.65 Å². The number of amidine groups is 1. The molecule has 18 heavy (non-hydrogen) atoms. The van der Waals surface area contributed by atoms with Crippen molar-refractivity contribution in [3.63, 3.8) is 0 Å². The molecule has 1 radical (unpaired) electrons. The van der Waals surface area contributed by atoms with E-state index in [1.165, 1.54) is 6.20 Å². The number of nitrogens with one attached hydrogen (secondary N) is 1. The van der Waals surface area contributed by atoms with E-state index >= 15 is 0 Å². The van der Waals surface area contributed by atoms with Crippen molar-refractivity contribution in [1.82, 2.24) is 19.8 Å². The van der Waals surface area contributed by atoms with E-state index in [1.54, 1.807) is 0 Å². The molecule has 0 amide bonds. The van der Waals surface area contributed by atoms with Gasteiger partial charge in [-0.05, 0) is 10.0 Å². The van der Waals surface area contributed by atoms with Gasteiger partial charge in [-0.1, -0.05) is 5.16 Å². The minimum atomic E-state index is -0.989. The summed E-state index contributed by atoms with van der Waals surface area (Å²) in [6.45, 7) is 0. The van der Waals surface area contributed by atoms with Crippen LogP contribution >= 0.6 is 0 Å². The zero-order valence-corrected chi connectivity index (χ0v) is 11.1. The smallest absolute Gasteiger partial charge is 0.409 e. The number of nitro groups is 1. The third-order valence-corrected chi connectivity index (χ3v) is 1.98. The summed E-state index contributed by atoms with van der Waals surface area (Å²) in [7, 11) is 0. The number of H-pyrrole nitrogens is 1. The van der Waals surface area contributed by atoms with Crippen molar-refractivity contribution in [3.05, 3.63) is 32.2 Å². The summed E-state index contributed by atoms with van der Waals surface area (Å²) in [6, 6.07) is 0. The van der Waals surface area contributed by atoms with Crippen LogP contribution in [-0.2, 0) is 0 Å². The average molecular weight is 262 g/mol. The molecule has 0 saturated heterocycles. The van der Waals surface area contributed by atoms with E-state index in [-0.39, 0.29) is 46.6 Å². The molecule has 2 aromatic heterocycles. The van der Waals surface area contributed by atoms with Crippen LogP contribution in [0.15, 0.2) is 16.1 Å². The molecule has 0 fully saturated rings. The van der Waals surface area contributed by atoms with Crippen LogP contribution in [0.3, 0.4) is 0 Å². The molecule has 0 aliphatic rings. The Kier molecular flexibility index (Phi) is 4.00. The molecule has 11 nitrogen and oxygen atoms in total. The van der Waals surface area contributed by atoms with Crippen molar-refractivity contribution in [2.75, 3.05) is 0 Å². The number of fused-ring (bicyclic) bond motifs is 1. The van der Waals surface area contributed by atoms with E-state index in [2.05, 4.69) is 20.5 Å². The normalized spacial score (nSPS) is 11.2. The van der Waals surface area contributed by atoms with E-state index in [0.29, 0.717) is 0 Å². The van der Waals surface area contributed by atoms with E-state index < -0.39 is 16.3 Å². The minimum Gasteiger partial charge on any atom is -0.409 e. The molecule has 0 bridgehead atoms. The Balaban J connectivity index is 0.00000162. The molecule has 2 heterocycles. The molecular weight excluding hydrogens is 257 g/mol. The summed E-state index contributed by atoms with van der Waals surface area (Å²) < 4.78 is 0.776. The van der Waals surface area contributed by atoms with Gasteiger partial charge in [0.15, 0.2) is 5.84 Å². The maximum atomic E-state index is 11.5. The van der Waals surface area contributed by atoms with Gasteiger partial charge in [0.05, 0.1) is 10.7 Å². The average Bonchev–Trinajstić information content (AvgIpc) is 2.72. The van der Waals surface area contributed by atoms with Gasteiger partial charge in [-0.2, -0.15) is 4.52 Å². The maximum Gasteiger partial charge on any atom is 0.458 e. The number of hydrogen-bond donors (Lipinski definition) is 3. The van der Waals surface area contributed by atoms with Gasteiger partial charge >= 0.3 is 11.4 Å². The van der Waals surface area contributed by atoms with Gasteiger partial charge < -0.3 is 21.1 Å². The standard InChI is InChI=1S/C6H5N7O4.Na/c7-3(11-15)2-1-8-12-4(2)9-10-5(6(12)14)13(16)17;/h1,8,15H,(H2,7,11);. The van der Waals surface area contributed by atoms with E-state index in [0.717, 1.165) is 4.52 Å². The first-order valence-corrected chi connectivity index (χ1v) is 4.15. The fraction of sp³-hybridized carbons (Fsp3) is 0. The number of aromatic amines is 1. The Labute approximate surface area is 120 Å². The molecular formula is C6H5N7NaO4. The second-order valence-corrected chi connectivity index (χ2v) is 2.92.